The summed E-state index contributed by atoms with van der Waals surface area (Å²) in [5.74, 6) is -0.216. The van der Waals surface area contributed by atoms with Gasteiger partial charge in [-0.1, -0.05) is 48.0 Å². The molecule has 0 saturated heterocycles. The van der Waals surface area contributed by atoms with Gasteiger partial charge in [-0.05, 0) is 37.9 Å². The maximum atomic E-state index is 12.2. The van der Waals surface area contributed by atoms with Crippen LogP contribution in [0.1, 0.15) is 18.0 Å². The highest BCUT2D eigenvalue weighted by atomic mass is 35.5. The van der Waals surface area contributed by atoms with Crippen molar-refractivity contribution in [2.75, 3.05) is 27.2 Å². The van der Waals surface area contributed by atoms with Crippen molar-refractivity contribution in [3.05, 3.63) is 65.2 Å². The largest absolute Gasteiger partial charge is 0.354 e. The molecule has 0 saturated carbocycles. The SMILES string of the molecule is CN(C)C(CNC(=O)CCNS(=O)(=O)c1cccc(Cl)c1)c1ccccc1. The van der Waals surface area contributed by atoms with Crippen LogP contribution in [0.25, 0.3) is 0 Å². The van der Waals surface area contributed by atoms with E-state index >= 15 is 0 Å². The van der Waals surface area contributed by atoms with Crippen LogP contribution in [0.5, 0.6) is 0 Å². The van der Waals surface area contributed by atoms with Crippen molar-refractivity contribution in [3.8, 4) is 0 Å². The van der Waals surface area contributed by atoms with Gasteiger partial charge in [0.2, 0.25) is 15.9 Å². The molecule has 0 bridgehead atoms. The predicted octanol–water partition coefficient (Wildman–Crippen LogP) is 2.43. The minimum Gasteiger partial charge on any atom is -0.354 e. The van der Waals surface area contributed by atoms with Crippen molar-refractivity contribution in [1.82, 2.24) is 14.9 Å². The highest BCUT2D eigenvalue weighted by molar-refractivity contribution is 7.89. The molecule has 0 fully saturated rings. The van der Waals surface area contributed by atoms with Gasteiger partial charge in [0, 0.05) is 24.5 Å². The molecule has 1 unspecified atom stereocenters. The van der Waals surface area contributed by atoms with Crippen molar-refractivity contribution >= 4 is 27.5 Å². The molecule has 2 rings (SSSR count). The normalized spacial score (nSPS) is 12.7. The molecular weight excluding hydrogens is 386 g/mol. The first-order valence-corrected chi connectivity index (χ1v) is 10.4. The van der Waals surface area contributed by atoms with Gasteiger partial charge in [0.15, 0.2) is 0 Å². The molecule has 2 aromatic carbocycles. The van der Waals surface area contributed by atoms with Gasteiger partial charge in [-0.15, -0.1) is 0 Å². The van der Waals surface area contributed by atoms with Gasteiger partial charge in [-0.25, -0.2) is 13.1 Å². The van der Waals surface area contributed by atoms with Crippen molar-refractivity contribution in [3.63, 3.8) is 0 Å². The Morgan fingerprint density at radius 2 is 1.81 bits per heavy atom. The quantitative estimate of drug-likeness (QED) is 0.666. The molecule has 146 valence electrons. The van der Waals surface area contributed by atoms with Crippen LogP contribution in [-0.2, 0) is 14.8 Å². The molecule has 27 heavy (non-hydrogen) atoms. The summed E-state index contributed by atoms with van der Waals surface area (Å²) >= 11 is 5.82. The summed E-state index contributed by atoms with van der Waals surface area (Å²) in [4.78, 5) is 14.2. The third kappa shape index (κ3) is 6.62. The lowest BCUT2D eigenvalue weighted by atomic mass is 10.1. The minimum absolute atomic E-state index is 0.0125. The third-order valence-corrected chi connectivity index (χ3v) is 5.74. The van der Waals surface area contributed by atoms with E-state index in [0.717, 1.165) is 5.56 Å². The molecule has 0 aromatic heterocycles. The fourth-order valence-corrected chi connectivity index (χ4v) is 3.92. The molecule has 6 nitrogen and oxygen atoms in total. The molecule has 0 aliphatic rings. The number of nitrogens with zero attached hydrogens (tertiary/aromatic N) is 1. The average Bonchev–Trinajstić information content (AvgIpc) is 2.62. The fraction of sp³-hybridized carbons (Fsp3) is 0.316. The number of rotatable bonds is 9. The second kappa shape index (κ2) is 9.85. The monoisotopic (exact) mass is 409 g/mol. The number of hydrogen-bond donors (Lipinski definition) is 2. The van der Waals surface area contributed by atoms with Crippen LogP contribution in [0.15, 0.2) is 59.5 Å². The number of nitrogens with one attached hydrogen (secondary N) is 2. The minimum atomic E-state index is -3.69. The van der Waals surface area contributed by atoms with E-state index in [1.807, 2.05) is 49.3 Å². The van der Waals surface area contributed by atoms with Gasteiger partial charge < -0.3 is 10.2 Å². The Morgan fingerprint density at radius 3 is 2.44 bits per heavy atom. The van der Waals surface area contributed by atoms with E-state index in [0.29, 0.717) is 11.6 Å². The lowest BCUT2D eigenvalue weighted by Crippen LogP contribution is -2.36. The molecule has 0 radical (unpaired) electrons. The maximum absolute atomic E-state index is 12.2. The Morgan fingerprint density at radius 1 is 1.11 bits per heavy atom. The van der Waals surface area contributed by atoms with Gasteiger partial charge in [0.05, 0.1) is 10.9 Å². The number of halogens is 1. The Labute approximate surface area is 165 Å². The van der Waals surface area contributed by atoms with E-state index in [2.05, 4.69) is 10.0 Å². The predicted molar refractivity (Wildman–Crippen MR) is 107 cm³/mol. The number of benzene rings is 2. The number of carbonyl (C=O) groups excluding carboxylic acids is 1. The van der Waals surface area contributed by atoms with Gasteiger partial charge >= 0.3 is 0 Å². The first-order chi connectivity index (χ1) is 12.8. The lowest BCUT2D eigenvalue weighted by Gasteiger charge is -2.25. The van der Waals surface area contributed by atoms with Crippen LogP contribution < -0.4 is 10.0 Å². The van der Waals surface area contributed by atoms with E-state index < -0.39 is 10.0 Å². The van der Waals surface area contributed by atoms with Crippen LogP contribution in [0.2, 0.25) is 5.02 Å². The number of amides is 1. The smallest absolute Gasteiger partial charge is 0.240 e. The summed E-state index contributed by atoms with van der Waals surface area (Å²) in [6, 6.07) is 15.9. The van der Waals surface area contributed by atoms with E-state index in [9.17, 15) is 13.2 Å². The topological polar surface area (TPSA) is 78.5 Å². The third-order valence-electron chi connectivity index (χ3n) is 4.05. The van der Waals surface area contributed by atoms with Crippen molar-refractivity contribution in [1.29, 1.82) is 0 Å². The highest BCUT2D eigenvalue weighted by Gasteiger charge is 2.17. The second-order valence-corrected chi connectivity index (χ2v) is 8.50. The molecule has 2 N–H and O–H groups in total. The highest BCUT2D eigenvalue weighted by Crippen LogP contribution is 2.17. The number of likely N-dealkylation sites (N-methyl/N-ethyl adjacent to an activating group) is 1. The van der Waals surface area contributed by atoms with Crippen molar-refractivity contribution < 1.29 is 13.2 Å². The van der Waals surface area contributed by atoms with E-state index in [-0.39, 0.29) is 29.8 Å². The Bertz CT molecular complexity index is 858. The van der Waals surface area contributed by atoms with E-state index in [1.165, 1.54) is 12.1 Å². The number of sulfonamides is 1. The molecule has 0 aliphatic carbocycles. The fourth-order valence-electron chi connectivity index (χ4n) is 2.59. The Balaban J connectivity index is 1.83. The van der Waals surface area contributed by atoms with Crippen LogP contribution >= 0.6 is 11.6 Å². The Hall–Kier alpha value is -1.93. The molecule has 0 spiro atoms. The van der Waals surface area contributed by atoms with Crippen molar-refractivity contribution in [2.24, 2.45) is 0 Å². The zero-order valence-corrected chi connectivity index (χ0v) is 16.9. The van der Waals surface area contributed by atoms with Crippen LogP contribution in [0.3, 0.4) is 0 Å². The second-order valence-electron chi connectivity index (χ2n) is 6.30. The number of carbonyl (C=O) groups is 1. The summed E-state index contributed by atoms with van der Waals surface area (Å²) < 4.78 is 26.8. The van der Waals surface area contributed by atoms with E-state index in [4.69, 9.17) is 11.6 Å². The molecule has 1 amide bonds. The zero-order chi connectivity index (χ0) is 19.9. The standard InChI is InChI=1S/C19H24ClN3O3S/c1-23(2)18(15-7-4-3-5-8-15)14-21-19(24)11-12-22-27(25,26)17-10-6-9-16(20)13-17/h3-10,13,18,22H,11-12,14H2,1-2H3,(H,21,24). The zero-order valence-electron chi connectivity index (χ0n) is 15.4. The molecule has 1 atom stereocenters. The Kier molecular flexibility index (Phi) is 7.79. The van der Waals surface area contributed by atoms with Gasteiger partial charge in [-0.2, -0.15) is 0 Å². The first-order valence-electron chi connectivity index (χ1n) is 8.53. The van der Waals surface area contributed by atoms with Crippen LogP contribution in [0, 0.1) is 0 Å². The molecule has 0 aliphatic heterocycles. The van der Waals surface area contributed by atoms with Crippen molar-refractivity contribution in [2.45, 2.75) is 17.4 Å². The summed E-state index contributed by atoms with van der Waals surface area (Å²) in [7, 11) is 0.206. The van der Waals surface area contributed by atoms with Crippen LogP contribution in [0.4, 0.5) is 0 Å². The van der Waals surface area contributed by atoms with E-state index in [1.54, 1.807) is 12.1 Å². The van der Waals surface area contributed by atoms with Gasteiger partial charge in [0.1, 0.15) is 0 Å². The molecule has 8 heteroatoms. The average molecular weight is 410 g/mol. The molecule has 0 heterocycles. The maximum Gasteiger partial charge on any atom is 0.240 e. The van der Waals surface area contributed by atoms with Gasteiger partial charge in [-0.3, -0.25) is 4.79 Å². The van der Waals surface area contributed by atoms with Crippen LogP contribution in [-0.4, -0.2) is 46.4 Å². The molecular formula is C19H24ClN3O3S. The first kappa shape index (κ1) is 21.4. The summed E-state index contributed by atoms with van der Waals surface area (Å²) in [6.45, 7) is 0.454. The summed E-state index contributed by atoms with van der Waals surface area (Å²) in [5.41, 5.74) is 1.10. The molecule has 2 aromatic rings. The summed E-state index contributed by atoms with van der Waals surface area (Å²) in [5, 5.41) is 3.20. The summed E-state index contributed by atoms with van der Waals surface area (Å²) in [6.07, 6.45) is 0.0503. The lowest BCUT2D eigenvalue weighted by molar-refractivity contribution is -0.121. The number of hydrogen-bond acceptors (Lipinski definition) is 4. The van der Waals surface area contributed by atoms with Gasteiger partial charge in [0.25, 0.3) is 0 Å².